The lowest BCUT2D eigenvalue weighted by atomic mass is 10.1. The van der Waals surface area contributed by atoms with Crippen LogP contribution >= 0.6 is 0 Å². The van der Waals surface area contributed by atoms with Crippen molar-refractivity contribution in [2.24, 2.45) is 0 Å². The van der Waals surface area contributed by atoms with E-state index < -0.39 is 5.95 Å². The average molecular weight is 348 g/mol. The predicted octanol–water partition coefficient (Wildman–Crippen LogP) is 3.68. The molecular weight excluding hydrogens is 331 g/mol. The third kappa shape index (κ3) is 3.26. The van der Waals surface area contributed by atoms with Crippen LogP contribution in [-0.4, -0.2) is 27.0 Å². The second-order valence-electron chi connectivity index (χ2n) is 6.03. The van der Waals surface area contributed by atoms with Crippen LogP contribution in [-0.2, 0) is 12.8 Å². The minimum absolute atomic E-state index is 0.442. The van der Waals surface area contributed by atoms with Crippen molar-refractivity contribution in [2.45, 2.75) is 12.8 Å². The monoisotopic (exact) mass is 348 g/mol. The number of rotatable bonds is 5. The van der Waals surface area contributed by atoms with Crippen LogP contribution < -0.4 is 4.74 Å². The van der Waals surface area contributed by atoms with E-state index in [0.717, 1.165) is 22.2 Å². The SMILES string of the molecule is COc1ccc(Cc2ccc(Cc3c[nH]c4ncccc34)c(F)n2)cn1. The Labute approximate surface area is 149 Å². The van der Waals surface area contributed by atoms with E-state index in [9.17, 15) is 4.39 Å². The molecule has 0 fully saturated rings. The number of aromatic amines is 1. The summed E-state index contributed by atoms with van der Waals surface area (Å²) in [7, 11) is 1.57. The zero-order valence-corrected chi connectivity index (χ0v) is 14.2. The quantitative estimate of drug-likeness (QED) is 0.559. The normalized spacial score (nSPS) is 11.0. The van der Waals surface area contributed by atoms with Crippen molar-refractivity contribution in [3.8, 4) is 5.88 Å². The van der Waals surface area contributed by atoms with Crippen LogP contribution in [0.2, 0.25) is 0 Å². The highest BCUT2D eigenvalue weighted by Gasteiger charge is 2.11. The van der Waals surface area contributed by atoms with Crippen molar-refractivity contribution in [2.75, 3.05) is 7.11 Å². The molecule has 4 rings (SSSR count). The third-order valence-corrected chi connectivity index (χ3v) is 4.29. The maximum absolute atomic E-state index is 14.5. The van der Waals surface area contributed by atoms with Gasteiger partial charge in [-0.15, -0.1) is 0 Å². The van der Waals surface area contributed by atoms with E-state index in [4.69, 9.17) is 4.74 Å². The fourth-order valence-corrected chi connectivity index (χ4v) is 2.94. The van der Waals surface area contributed by atoms with Gasteiger partial charge in [-0.3, -0.25) is 0 Å². The summed E-state index contributed by atoms with van der Waals surface area (Å²) in [5, 5.41) is 1.00. The number of halogens is 1. The maximum Gasteiger partial charge on any atom is 0.216 e. The van der Waals surface area contributed by atoms with Crippen molar-refractivity contribution < 1.29 is 9.13 Å². The first-order chi connectivity index (χ1) is 12.7. The Balaban J connectivity index is 1.53. The smallest absolute Gasteiger partial charge is 0.216 e. The highest BCUT2D eigenvalue weighted by atomic mass is 19.1. The molecule has 4 aromatic heterocycles. The third-order valence-electron chi connectivity index (χ3n) is 4.29. The predicted molar refractivity (Wildman–Crippen MR) is 96.7 cm³/mol. The van der Waals surface area contributed by atoms with Gasteiger partial charge in [0.15, 0.2) is 0 Å². The van der Waals surface area contributed by atoms with Crippen molar-refractivity contribution in [3.63, 3.8) is 0 Å². The Morgan fingerprint density at radius 1 is 1.04 bits per heavy atom. The first-order valence-electron chi connectivity index (χ1n) is 8.27. The summed E-state index contributed by atoms with van der Waals surface area (Å²) >= 11 is 0. The fraction of sp³-hybridized carbons (Fsp3) is 0.150. The van der Waals surface area contributed by atoms with Crippen LogP contribution in [0.15, 0.2) is 55.0 Å². The summed E-state index contributed by atoms with van der Waals surface area (Å²) in [4.78, 5) is 15.6. The van der Waals surface area contributed by atoms with E-state index in [-0.39, 0.29) is 0 Å². The molecule has 5 nitrogen and oxygen atoms in total. The summed E-state index contributed by atoms with van der Waals surface area (Å²) in [5.41, 5.74) is 3.98. The number of methoxy groups -OCH3 is 1. The second-order valence-corrected chi connectivity index (χ2v) is 6.03. The number of nitrogens with one attached hydrogen (secondary N) is 1. The molecule has 4 aromatic rings. The molecule has 26 heavy (non-hydrogen) atoms. The van der Waals surface area contributed by atoms with Crippen LogP contribution in [0.5, 0.6) is 5.88 Å². The van der Waals surface area contributed by atoms with Gasteiger partial charge in [0.1, 0.15) is 5.65 Å². The minimum atomic E-state index is -0.442. The number of hydrogen-bond acceptors (Lipinski definition) is 4. The topological polar surface area (TPSA) is 63.7 Å². The average Bonchev–Trinajstić information content (AvgIpc) is 3.08. The molecule has 0 aliphatic carbocycles. The standard InChI is InChI=1S/C20H17FN4O/c1-26-18-7-4-13(11-23-18)9-16-6-5-14(19(21)25-16)10-15-12-24-20-17(15)3-2-8-22-20/h2-8,11-12H,9-10H2,1H3,(H,22,24). The van der Waals surface area contributed by atoms with Gasteiger partial charge in [0.25, 0.3) is 0 Å². The Morgan fingerprint density at radius 3 is 2.73 bits per heavy atom. The number of aromatic nitrogens is 4. The van der Waals surface area contributed by atoms with E-state index >= 15 is 0 Å². The molecular formula is C20H17FN4O. The van der Waals surface area contributed by atoms with Gasteiger partial charge >= 0.3 is 0 Å². The van der Waals surface area contributed by atoms with E-state index in [0.29, 0.717) is 30.0 Å². The summed E-state index contributed by atoms with van der Waals surface area (Å²) < 4.78 is 19.5. The number of hydrogen-bond donors (Lipinski definition) is 1. The molecule has 0 atom stereocenters. The highest BCUT2D eigenvalue weighted by molar-refractivity contribution is 5.79. The summed E-state index contributed by atoms with van der Waals surface area (Å²) in [6, 6.07) is 11.2. The molecule has 0 aliphatic rings. The molecule has 6 heteroatoms. The fourth-order valence-electron chi connectivity index (χ4n) is 2.94. The van der Waals surface area contributed by atoms with Gasteiger partial charge in [-0.05, 0) is 29.3 Å². The van der Waals surface area contributed by atoms with Gasteiger partial charge in [-0.25, -0.2) is 15.0 Å². The van der Waals surface area contributed by atoms with Gasteiger partial charge in [0.2, 0.25) is 11.8 Å². The van der Waals surface area contributed by atoms with Crippen molar-refractivity contribution in [3.05, 3.63) is 83.3 Å². The van der Waals surface area contributed by atoms with Crippen molar-refractivity contribution >= 4 is 11.0 Å². The summed E-state index contributed by atoms with van der Waals surface area (Å²) in [6.45, 7) is 0. The number of pyridine rings is 3. The Kier molecular flexibility index (Phi) is 4.31. The van der Waals surface area contributed by atoms with Crippen molar-refractivity contribution in [1.29, 1.82) is 0 Å². The second kappa shape index (κ2) is 6.92. The molecule has 0 bridgehead atoms. The van der Waals surface area contributed by atoms with Crippen LogP contribution in [0.25, 0.3) is 11.0 Å². The zero-order chi connectivity index (χ0) is 17.9. The van der Waals surface area contributed by atoms with E-state index in [1.807, 2.05) is 30.5 Å². The highest BCUT2D eigenvalue weighted by Crippen LogP contribution is 2.21. The molecule has 0 amide bonds. The first-order valence-corrected chi connectivity index (χ1v) is 8.27. The first kappa shape index (κ1) is 16.2. The Morgan fingerprint density at radius 2 is 1.96 bits per heavy atom. The van der Waals surface area contributed by atoms with E-state index in [1.54, 1.807) is 31.6 Å². The Hall–Kier alpha value is -3.28. The van der Waals surface area contributed by atoms with Crippen LogP contribution in [0.3, 0.4) is 0 Å². The van der Waals surface area contributed by atoms with Crippen LogP contribution in [0, 0.1) is 5.95 Å². The van der Waals surface area contributed by atoms with Gasteiger partial charge in [-0.2, -0.15) is 4.39 Å². The molecule has 0 aliphatic heterocycles. The molecule has 1 N–H and O–H groups in total. The largest absolute Gasteiger partial charge is 0.481 e. The van der Waals surface area contributed by atoms with E-state index in [2.05, 4.69) is 19.9 Å². The minimum Gasteiger partial charge on any atom is -0.481 e. The molecule has 0 unspecified atom stereocenters. The van der Waals surface area contributed by atoms with Gasteiger partial charge in [0, 0.05) is 54.1 Å². The molecule has 0 radical (unpaired) electrons. The lowest BCUT2D eigenvalue weighted by Crippen LogP contribution is -2.00. The maximum atomic E-state index is 14.5. The van der Waals surface area contributed by atoms with E-state index in [1.165, 1.54) is 0 Å². The molecule has 0 saturated heterocycles. The Bertz CT molecular complexity index is 1040. The molecule has 0 spiro atoms. The lowest BCUT2D eigenvalue weighted by Gasteiger charge is -2.06. The molecule has 130 valence electrons. The zero-order valence-electron chi connectivity index (χ0n) is 14.2. The van der Waals surface area contributed by atoms with Crippen LogP contribution in [0.1, 0.15) is 22.4 Å². The molecule has 4 heterocycles. The number of fused-ring (bicyclic) bond motifs is 1. The van der Waals surface area contributed by atoms with Crippen LogP contribution in [0.4, 0.5) is 4.39 Å². The number of H-pyrrole nitrogens is 1. The van der Waals surface area contributed by atoms with Gasteiger partial charge in [0.05, 0.1) is 7.11 Å². The number of nitrogens with zero attached hydrogens (tertiary/aromatic N) is 3. The summed E-state index contributed by atoms with van der Waals surface area (Å²) in [5.74, 6) is 0.110. The van der Waals surface area contributed by atoms with Crippen molar-refractivity contribution in [1.82, 2.24) is 19.9 Å². The molecule has 0 saturated carbocycles. The number of ether oxygens (including phenoxy) is 1. The molecule has 0 aromatic carbocycles. The van der Waals surface area contributed by atoms with Gasteiger partial charge < -0.3 is 9.72 Å². The van der Waals surface area contributed by atoms with Gasteiger partial charge in [-0.1, -0.05) is 12.1 Å². The lowest BCUT2D eigenvalue weighted by molar-refractivity contribution is 0.397. The summed E-state index contributed by atoms with van der Waals surface area (Å²) in [6.07, 6.45) is 6.30.